The molecule has 1 fully saturated rings. The highest BCUT2D eigenvalue weighted by Crippen LogP contribution is 2.23. The standard InChI is InChI=1S/C24H27ClN6O4S/c1-35-19-6-9-22(25)21(14-19)23(32)29-18-15-26-24(27-16-18)30-17-4-7-20(8-5-17)36(33,34)28-10-13-31-11-2-3-12-31/h4-9,14-16,28H,2-3,10-13H2,1H3,(H,29,32)(H,26,27,30). The molecule has 10 nitrogen and oxygen atoms in total. The van der Waals surface area contributed by atoms with Crippen molar-refractivity contribution in [1.82, 2.24) is 19.6 Å². The predicted octanol–water partition coefficient (Wildman–Crippen LogP) is 3.51. The molecule has 190 valence electrons. The van der Waals surface area contributed by atoms with E-state index in [4.69, 9.17) is 16.3 Å². The third kappa shape index (κ3) is 6.70. The Labute approximate surface area is 215 Å². The van der Waals surface area contributed by atoms with Gasteiger partial charge in [0.15, 0.2) is 0 Å². The number of hydrogen-bond donors (Lipinski definition) is 3. The summed E-state index contributed by atoms with van der Waals surface area (Å²) in [5.41, 5.74) is 1.26. The van der Waals surface area contributed by atoms with Gasteiger partial charge in [0.1, 0.15) is 5.75 Å². The second-order valence-electron chi connectivity index (χ2n) is 8.19. The van der Waals surface area contributed by atoms with Gasteiger partial charge < -0.3 is 20.3 Å². The van der Waals surface area contributed by atoms with E-state index in [1.807, 2.05) is 0 Å². The first-order valence-corrected chi connectivity index (χ1v) is 13.3. The maximum atomic E-state index is 12.5. The van der Waals surface area contributed by atoms with Crippen LogP contribution in [-0.2, 0) is 10.0 Å². The SMILES string of the molecule is COc1ccc(Cl)c(C(=O)Nc2cnc(Nc3ccc(S(=O)(=O)NCCN4CCCC4)cc3)nc2)c1. The number of methoxy groups -OCH3 is 1. The molecule has 0 aliphatic carbocycles. The molecule has 4 rings (SSSR count). The van der Waals surface area contributed by atoms with Crippen molar-refractivity contribution in [1.29, 1.82) is 0 Å². The van der Waals surface area contributed by atoms with E-state index in [9.17, 15) is 13.2 Å². The summed E-state index contributed by atoms with van der Waals surface area (Å²) in [7, 11) is -2.08. The molecule has 1 saturated heterocycles. The fraction of sp³-hybridized carbons (Fsp3) is 0.292. The summed E-state index contributed by atoms with van der Waals surface area (Å²) < 4.78 is 32.9. The molecule has 0 bridgehead atoms. The topological polar surface area (TPSA) is 126 Å². The fourth-order valence-electron chi connectivity index (χ4n) is 3.74. The van der Waals surface area contributed by atoms with Gasteiger partial charge in [-0.05, 0) is 68.4 Å². The minimum Gasteiger partial charge on any atom is -0.497 e. The Morgan fingerprint density at radius 1 is 1.06 bits per heavy atom. The van der Waals surface area contributed by atoms with E-state index in [-0.39, 0.29) is 16.4 Å². The zero-order valence-corrected chi connectivity index (χ0v) is 21.3. The Kier molecular flexibility index (Phi) is 8.36. The first kappa shape index (κ1) is 25.8. The minimum absolute atomic E-state index is 0.185. The molecule has 1 aliphatic rings. The molecule has 3 aromatic rings. The molecule has 0 atom stereocenters. The Morgan fingerprint density at radius 2 is 1.75 bits per heavy atom. The lowest BCUT2D eigenvalue weighted by atomic mass is 10.2. The molecule has 0 radical (unpaired) electrons. The Morgan fingerprint density at radius 3 is 2.42 bits per heavy atom. The molecule has 0 spiro atoms. The number of nitrogens with one attached hydrogen (secondary N) is 3. The molecule has 1 amide bonds. The molecule has 0 saturated carbocycles. The Hall–Kier alpha value is -3.25. The van der Waals surface area contributed by atoms with Crippen LogP contribution in [0, 0.1) is 0 Å². The quantitative estimate of drug-likeness (QED) is 0.363. The van der Waals surface area contributed by atoms with Crippen molar-refractivity contribution in [3.05, 3.63) is 65.4 Å². The number of aromatic nitrogens is 2. The summed E-state index contributed by atoms with van der Waals surface area (Å²) in [6.07, 6.45) is 5.23. The largest absolute Gasteiger partial charge is 0.497 e. The lowest BCUT2D eigenvalue weighted by Gasteiger charge is -2.15. The van der Waals surface area contributed by atoms with Crippen molar-refractivity contribution in [2.75, 3.05) is 43.9 Å². The Balaban J connectivity index is 1.32. The van der Waals surface area contributed by atoms with Crippen LogP contribution < -0.4 is 20.1 Å². The summed E-state index contributed by atoms with van der Waals surface area (Å²) in [4.78, 5) is 23.4. The average molecular weight is 531 g/mol. The van der Waals surface area contributed by atoms with Gasteiger partial charge in [0.25, 0.3) is 5.91 Å². The first-order chi connectivity index (χ1) is 17.3. The molecule has 1 aromatic heterocycles. The van der Waals surface area contributed by atoms with Crippen molar-refractivity contribution in [2.24, 2.45) is 0 Å². The lowest BCUT2D eigenvalue weighted by Crippen LogP contribution is -2.33. The summed E-state index contributed by atoms with van der Waals surface area (Å²) in [6, 6.07) is 11.1. The van der Waals surface area contributed by atoms with Gasteiger partial charge in [-0.2, -0.15) is 0 Å². The normalized spacial score (nSPS) is 13.9. The summed E-state index contributed by atoms with van der Waals surface area (Å²) in [6.45, 7) is 3.13. The molecular formula is C24H27ClN6O4S. The molecule has 1 aliphatic heterocycles. The smallest absolute Gasteiger partial charge is 0.257 e. The molecule has 12 heteroatoms. The number of likely N-dealkylation sites (tertiary alicyclic amines) is 1. The van der Waals surface area contributed by atoms with Crippen molar-refractivity contribution in [3.8, 4) is 5.75 Å². The summed E-state index contributed by atoms with van der Waals surface area (Å²) >= 11 is 6.12. The zero-order chi connectivity index (χ0) is 25.5. The number of benzene rings is 2. The van der Waals surface area contributed by atoms with Crippen LogP contribution in [0.4, 0.5) is 17.3 Å². The van der Waals surface area contributed by atoms with Crippen LogP contribution in [0.3, 0.4) is 0 Å². The van der Waals surface area contributed by atoms with E-state index in [0.717, 1.165) is 13.1 Å². The third-order valence-electron chi connectivity index (χ3n) is 5.67. The maximum Gasteiger partial charge on any atom is 0.257 e. The number of carbonyl (C=O) groups is 1. The minimum atomic E-state index is -3.58. The number of carbonyl (C=O) groups excluding carboxylic acids is 1. The van der Waals surface area contributed by atoms with Gasteiger partial charge in [-0.1, -0.05) is 11.6 Å². The van der Waals surface area contributed by atoms with E-state index in [1.54, 1.807) is 30.3 Å². The highest BCUT2D eigenvalue weighted by atomic mass is 35.5. The monoisotopic (exact) mass is 530 g/mol. The predicted molar refractivity (Wildman–Crippen MR) is 139 cm³/mol. The van der Waals surface area contributed by atoms with E-state index in [2.05, 4.69) is 30.2 Å². The third-order valence-corrected chi connectivity index (χ3v) is 7.47. The molecular weight excluding hydrogens is 504 g/mol. The van der Waals surface area contributed by atoms with Crippen LogP contribution in [0.25, 0.3) is 0 Å². The summed E-state index contributed by atoms with van der Waals surface area (Å²) in [5.74, 6) is 0.373. The van der Waals surface area contributed by atoms with E-state index >= 15 is 0 Å². The second kappa shape index (κ2) is 11.7. The second-order valence-corrected chi connectivity index (χ2v) is 10.4. The zero-order valence-electron chi connectivity index (χ0n) is 19.7. The number of anilines is 3. The van der Waals surface area contributed by atoms with Crippen molar-refractivity contribution < 1.29 is 17.9 Å². The number of sulfonamides is 1. The van der Waals surface area contributed by atoms with Crippen LogP contribution in [0.2, 0.25) is 5.02 Å². The molecule has 36 heavy (non-hydrogen) atoms. The van der Waals surface area contributed by atoms with Crippen LogP contribution >= 0.6 is 11.6 Å². The van der Waals surface area contributed by atoms with E-state index in [1.165, 1.54) is 44.5 Å². The highest BCUT2D eigenvalue weighted by Gasteiger charge is 2.16. The van der Waals surface area contributed by atoms with Crippen LogP contribution in [0.15, 0.2) is 59.8 Å². The van der Waals surface area contributed by atoms with Crippen molar-refractivity contribution >= 4 is 44.9 Å². The van der Waals surface area contributed by atoms with Crippen molar-refractivity contribution in [2.45, 2.75) is 17.7 Å². The van der Waals surface area contributed by atoms with Gasteiger partial charge in [-0.3, -0.25) is 4.79 Å². The summed E-state index contributed by atoms with van der Waals surface area (Å²) in [5, 5.41) is 5.99. The van der Waals surface area contributed by atoms with Gasteiger partial charge in [-0.15, -0.1) is 0 Å². The number of hydrogen-bond acceptors (Lipinski definition) is 8. The fourth-order valence-corrected chi connectivity index (χ4v) is 4.96. The molecule has 0 unspecified atom stereocenters. The highest BCUT2D eigenvalue weighted by molar-refractivity contribution is 7.89. The first-order valence-electron chi connectivity index (χ1n) is 11.4. The van der Waals surface area contributed by atoms with Crippen LogP contribution in [0.1, 0.15) is 23.2 Å². The van der Waals surface area contributed by atoms with Gasteiger partial charge in [0.05, 0.1) is 40.7 Å². The average Bonchev–Trinajstić information content (AvgIpc) is 3.39. The number of halogens is 1. The van der Waals surface area contributed by atoms with Crippen molar-refractivity contribution in [3.63, 3.8) is 0 Å². The van der Waals surface area contributed by atoms with Crippen LogP contribution in [0.5, 0.6) is 5.75 Å². The number of rotatable bonds is 10. The van der Waals surface area contributed by atoms with Gasteiger partial charge >= 0.3 is 0 Å². The number of amides is 1. The van der Waals surface area contributed by atoms with Gasteiger partial charge in [-0.25, -0.2) is 23.1 Å². The van der Waals surface area contributed by atoms with E-state index in [0.29, 0.717) is 35.2 Å². The van der Waals surface area contributed by atoms with E-state index < -0.39 is 15.9 Å². The molecule has 3 N–H and O–H groups in total. The number of nitrogens with zero attached hydrogens (tertiary/aromatic N) is 3. The van der Waals surface area contributed by atoms with Gasteiger partial charge in [0, 0.05) is 18.8 Å². The maximum absolute atomic E-state index is 12.5. The Bertz CT molecular complexity index is 1300. The lowest BCUT2D eigenvalue weighted by molar-refractivity contribution is 0.102. The molecule has 2 aromatic carbocycles. The molecule has 2 heterocycles. The van der Waals surface area contributed by atoms with Gasteiger partial charge in [0.2, 0.25) is 16.0 Å². The van der Waals surface area contributed by atoms with Crippen LogP contribution in [-0.4, -0.2) is 62.5 Å². The number of ether oxygens (including phenoxy) is 1.